The van der Waals surface area contributed by atoms with Crippen molar-refractivity contribution in [2.24, 2.45) is 0 Å². The minimum Gasteiger partial charge on any atom is -0.478 e. The Morgan fingerprint density at radius 1 is 1.36 bits per heavy atom. The summed E-state index contributed by atoms with van der Waals surface area (Å²) in [6.07, 6.45) is 2.50. The topological polar surface area (TPSA) is 37.3 Å². The fourth-order valence-electron chi connectivity index (χ4n) is 0.867. The average Bonchev–Trinajstić information content (AvgIpc) is 2.01. The van der Waals surface area contributed by atoms with Gasteiger partial charge >= 0.3 is 5.97 Å². The highest BCUT2D eigenvalue weighted by Crippen LogP contribution is 2.22. The largest absolute Gasteiger partial charge is 0.478 e. The Hall–Kier alpha value is -0.180. The average molecular weight is 418 g/mol. The van der Waals surface area contributed by atoms with Gasteiger partial charge in [0.15, 0.2) is 0 Å². The second-order valence-corrected chi connectivity index (χ2v) is 4.78. The lowest BCUT2D eigenvalue weighted by atomic mass is 10.2. The number of hydrogen-bond donors (Lipinski definition) is 1. The molecule has 0 fully saturated rings. The van der Waals surface area contributed by atoms with Crippen LogP contribution in [0.1, 0.15) is 5.56 Å². The summed E-state index contributed by atoms with van der Waals surface area (Å²) in [6.45, 7) is 0. The third kappa shape index (κ3) is 3.19. The van der Waals surface area contributed by atoms with Crippen molar-refractivity contribution in [2.45, 2.75) is 0 Å². The minimum absolute atomic E-state index is 0.314. The Labute approximate surface area is 107 Å². The first-order valence-corrected chi connectivity index (χ1v) is 5.72. The molecule has 0 spiro atoms. The van der Waals surface area contributed by atoms with Crippen LogP contribution in [0.3, 0.4) is 0 Å². The van der Waals surface area contributed by atoms with Crippen LogP contribution in [0.4, 0.5) is 4.39 Å². The van der Waals surface area contributed by atoms with Crippen molar-refractivity contribution in [1.82, 2.24) is 0 Å². The van der Waals surface area contributed by atoms with Gasteiger partial charge < -0.3 is 5.11 Å². The van der Waals surface area contributed by atoms with Gasteiger partial charge in [0.05, 0.1) is 0 Å². The highest BCUT2D eigenvalue weighted by atomic mass is 127. The molecule has 1 aromatic carbocycles. The van der Waals surface area contributed by atoms with Gasteiger partial charge in [-0.15, -0.1) is 0 Å². The predicted octanol–water partition coefficient (Wildman–Crippen LogP) is 3.13. The Morgan fingerprint density at radius 3 is 2.29 bits per heavy atom. The number of rotatable bonds is 2. The Morgan fingerprint density at radius 2 is 1.86 bits per heavy atom. The van der Waals surface area contributed by atoms with E-state index in [1.807, 2.05) is 45.2 Å². The molecule has 0 aliphatic heterocycles. The van der Waals surface area contributed by atoms with E-state index in [0.717, 1.165) is 11.6 Å². The molecule has 0 aromatic heterocycles. The predicted molar refractivity (Wildman–Crippen MR) is 68.5 cm³/mol. The number of carbonyl (C=O) groups is 1. The van der Waals surface area contributed by atoms with Crippen molar-refractivity contribution < 1.29 is 14.3 Å². The molecule has 0 aliphatic carbocycles. The van der Waals surface area contributed by atoms with Gasteiger partial charge in [0.1, 0.15) is 5.82 Å². The van der Waals surface area contributed by atoms with E-state index in [4.69, 9.17) is 5.11 Å². The monoisotopic (exact) mass is 418 g/mol. The Kier molecular flexibility index (Phi) is 4.30. The van der Waals surface area contributed by atoms with Crippen LogP contribution in [0.2, 0.25) is 0 Å². The molecule has 0 saturated heterocycles. The molecule has 0 radical (unpaired) electrons. The van der Waals surface area contributed by atoms with Gasteiger partial charge in [-0.1, -0.05) is 0 Å². The molecule has 74 valence electrons. The molecule has 0 aliphatic rings. The van der Waals surface area contributed by atoms with E-state index in [9.17, 15) is 9.18 Å². The zero-order chi connectivity index (χ0) is 10.7. The van der Waals surface area contributed by atoms with Crippen LogP contribution in [0.25, 0.3) is 6.08 Å². The summed E-state index contributed by atoms with van der Waals surface area (Å²) >= 11 is 3.94. The molecule has 0 bridgehead atoms. The normalized spacial score (nSPS) is 10.8. The second kappa shape index (κ2) is 5.06. The maximum Gasteiger partial charge on any atom is 0.328 e. The summed E-state index contributed by atoms with van der Waals surface area (Å²) < 4.78 is 14.3. The van der Waals surface area contributed by atoms with Crippen molar-refractivity contribution >= 4 is 57.2 Å². The van der Waals surface area contributed by atoms with E-state index in [1.165, 1.54) is 18.2 Å². The first kappa shape index (κ1) is 11.9. The standard InChI is InChI=1S/C9H5FI2O2/c10-5-3-7(11)6(8(12)4-5)1-2-9(13)14/h1-4H,(H,13,14)/b2-1+. The lowest BCUT2D eigenvalue weighted by Gasteiger charge is -2.01. The van der Waals surface area contributed by atoms with E-state index in [1.54, 1.807) is 0 Å². The molecule has 0 heterocycles. The molecular weight excluding hydrogens is 413 g/mol. The van der Waals surface area contributed by atoms with Gasteiger partial charge in [0, 0.05) is 18.8 Å². The number of carboxylic acid groups (broad SMARTS) is 1. The van der Waals surface area contributed by atoms with Crippen LogP contribution < -0.4 is 0 Å². The molecule has 0 saturated carbocycles. The maximum absolute atomic E-state index is 12.9. The quantitative estimate of drug-likeness (QED) is 0.593. The van der Waals surface area contributed by atoms with Crippen LogP contribution in [-0.2, 0) is 4.79 Å². The number of halogens is 3. The van der Waals surface area contributed by atoms with Crippen LogP contribution in [0, 0.1) is 13.0 Å². The fourth-order valence-corrected chi connectivity index (χ4v) is 2.92. The van der Waals surface area contributed by atoms with Gasteiger partial charge in [-0.2, -0.15) is 0 Å². The van der Waals surface area contributed by atoms with Crippen LogP contribution in [0.15, 0.2) is 18.2 Å². The number of carboxylic acids is 1. The molecule has 14 heavy (non-hydrogen) atoms. The number of hydrogen-bond acceptors (Lipinski definition) is 1. The summed E-state index contributed by atoms with van der Waals surface area (Å²) in [5.41, 5.74) is 0.731. The van der Waals surface area contributed by atoms with Gasteiger partial charge in [0.2, 0.25) is 0 Å². The van der Waals surface area contributed by atoms with Crippen molar-refractivity contribution in [1.29, 1.82) is 0 Å². The molecule has 5 heteroatoms. The third-order valence-corrected chi connectivity index (χ3v) is 3.22. The van der Waals surface area contributed by atoms with E-state index in [-0.39, 0.29) is 5.82 Å². The SMILES string of the molecule is O=C(O)/C=C/c1c(I)cc(F)cc1I. The molecule has 1 aromatic rings. The second-order valence-electron chi connectivity index (χ2n) is 2.45. The van der Waals surface area contributed by atoms with Gasteiger partial charge in [-0.05, 0) is 63.4 Å². The van der Waals surface area contributed by atoms with Crippen molar-refractivity contribution in [2.75, 3.05) is 0 Å². The number of benzene rings is 1. The smallest absolute Gasteiger partial charge is 0.328 e. The van der Waals surface area contributed by atoms with E-state index in [0.29, 0.717) is 7.14 Å². The van der Waals surface area contributed by atoms with E-state index >= 15 is 0 Å². The summed E-state index contributed by atoms with van der Waals surface area (Å²) in [4.78, 5) is 10.3. The van der Waals surface area contributed by atoms with Crippen molar-refractivity contribution in [3.8, 4) is 0 Å². The lowest BCUT2D eigenvalue weighted by molar-refractivity contribution is -0.131. The first-order chi connectivity index (χ1) is 6.50. The van der Waals surface area contributed by atoms with Crippen molar-refractivity contribution in [3.05, 3.63) is 36.7 Å². The third-order valence-electron chi connectivity index (χ3n) is 1.44. The summed E-state index contributed by atoms with van der Waals surface area (Å²) in [5.74, 6) is -1.33. The number of aliphatic carboxylic acids is 1. The Balaban J connectivity index is 3.15. The highest BCUT2D eigenvalue weighted by Gasteiger charge is 2.04. The van der Waals surface area contributed by atoms with Gasteiger partial charge in [-0.25, -0.2) is 9.18 Å². The maximum atomic E-state index is 12.9. The molecule has 0 amide bonds. The molecular formula is C9H5FI2O2. The lowest BCUT2D eigenvalue weighted by Crippen LogP contribution is -1.91. The molecule has 2 nitrogen and oxygen atoms in total. The summed E-state index contributed by atoms with van der Waals surface area (Å²) in [7, 11) is 0. The summed E-state index contributed by atoms with van der Waals surface area (Å²) in [6, 6.07) is 2.73. The van der Waals surface area contributed by atoms with Crippen LogP contribution in [-0.4, -0.2) is 11.1 Å². The molecule has 1 N–H and O–H groups in total. The van der Waals surface area contributed by atoms with Gasteiger partial charge in [-0.3, -0.25) is 0 Å². The minimum atomic E-state index is -1.01. The zero-order valence-electron chi connectivity index (χ0n) is 6.80. The van der Waals surface area contributed by atoms with Crippen LogP contribution >= 0.6 is 45.2 Å². The first-order valence-electron chi connectivity index (χ1n) is 3.56. The summed E-state index contributed by atoms with van der Waals surface area (Å²) in [5, 5.41) is 8.45. The molecule has 0 atom stereocenters. The fraction of sp³-hybridized carbons (Fsp3) is 0. The van der Waals surface area contributed by atoms with E-state index < -0.39 is 5.97 Å². The highest BCUT2D eigenvalue weighted by molar-refractivity contribution is 14.1. The Bertz CT molecular complexity index is 379. The molecule has 1 rings (SSSR count). The van der Waals surface area contributed by atoms with E-state index in [2.05, 4.69) is 0 Å². The van der Waals surface area contributed by atoms with Gasteiger partial charge in [0.25, 0.3) is 0 Å². The van der Waals surface area contributed by atoms with Crippen LogP contribution in [0.5, 0.6) is 0 Å². The zero-order valence-corrected chi connectivity index (χ0v) is 11.1. The van der Waals surface area contributed by atoms with Crippen molar-refractivity contribution in [3.63, 3.8) is 0 Å². The molecule has 0 unspecified atom stereocenters.